The van der Waals surface area contributed by atoms with Gasteiger partial charge in [-0.15, -0.1) is 0 Å². The van der Waals surface area contributed by atoms with Gasteiger partial charge >= 0.3 is 0 Å². The summed E-state index contributed by atoms with van der Waals surface area (Å²) in [5, 5.41) is 6.67. The van der Waals surface area contributed by atoms with Gasteiger partial charge in [-0.3, -0.25) is 9.69 Å². The molecule has 0 aliphatic heterocycles. The lowest BCUT2D eigenvalue weighted by Crippen LogP contribution is -2.33. The number of hydrogen-bond donors (Lipinski definition) is 2. The fraction of sp³-hybridized carbons (Fsp3) is 0.400. The van der Waals surface area contributed by atoms with E-state index >= 15 is 0 Å². The smallest absolute Gasteiger partial charge is 0.240 e. The van der Waals surface area contributed by atoms with Gasteiger partial charge in [0.25, 0.3) is 0 Å². The topological polar surface area (TPSA) is 107 Å². The summed E-state index contributed by atoms with van der Waals surface area (Å²) in [5.74, 6) is 1.47. The summed E-state index contributed by atoms with van der Waals surface area (Å²) in [6.07, 6.45) is 0. The molecule has 0 spiro atoms. The second kappa shape index (κ2) is 8.25. The molecule has 0 radical (unpaired) electrons. The van der Waals surface area contributed by atoms with Gasteiger partial charge in [-0.2, -0.15) is 4.98 Å². The van der Waals surface area contributed by atoms with Crippen molar-refractivity contribution in [3.05, 3.63) is 36.0 Å². The SMILES string of the molecule is CCN(CC(=O)Nc1cccc(OC)c1)Cc1noc(CN)n1. The molecule has 124 valence electrons. The van der Waals surface area contributed by atoms with Crippen LogP contribution in [-0.2, 0) is 17.9 Å². The molecular formula is C15H21N5O3. The van der Waals surface area contributed by atoms with E-state index in [1.807, 2.05) is 30.0 Å². The number of hydrogen-bond acceptors (Lipinski definition) is 7. The van der Waals surface area contributed by atoms with E-state index in [1.54, 1.807) is 13.2 Å². The number of nitrogens with zero attached hydrogens (tertiary/aromatic N) is 3. The summed E-state index contributed by atoms with van der Waals surface area (Å²) >= 11 is 0. The summed E-state index contributed by atoms with van der Waals surface area (Å²) in [5.41, 5.74) is 6.12. The summed E-state index contributed by atoms with van der Waals surface area (Å²) in [6, 6.07) is 7.21. The van der Waals surface area contributed by atoms with Crippen LogP contribution < -0.4 is 15.8 Å². The van der Waals surface area contributed by atoms with Crippen molar-refractivity contribution < 1.29 is 14.1 Å². The fourth-order valence-corrected chi connectivity index (χ4v) is 2.02. The van der Waals surface area contributed by atoms with Crippen molar-refractivity contribution in [2.24, 2.45) is 5.73 Å². The number of methoxy groups -OCH3 is 1. The Morgan fingerprint density at radius 1 is 1.48 bits per heavy atom. The van der Waals surface area contributed by atoms with E-state index in [1.165, 1.54) is 0 Å². The monoisotopic (exact) mass is 319 g/mol. The molecule has 0 bridgehead atoms. The van der Waals surface area contributed by atoms with Crippen LogP contribution in [0.5, 0.6) is 5.75 Å². The number of rotatable bonds is 8. The van der Waals surface area contributed by atoms with Crippen LogP contribution >= 0.6 is 0 Å². The number of likely N-dealkylation sites (N-methyl/N-ethyl adjacent to an activating group) is 1. The average Bonchev–Trinajstić information content (AvgIpc) is 3.02. The summed E-state index contributed by atoms with van der Waals surface area (Å²) in [7, 11) is 1.58. The first-order chi connectivity index (χ1) is 11.1. The molecule has 0 saturated carbocycles. The summed E-state index contributed by atoms with van der Waals surface area (Å²) in [6.45, 7) is 3.49. The van der Waals surface area contributed by atoms with Gasteiger partial charge in [-0.05, 0) is 18.7 Å². The van der Waals surface area contributed by atoms with Crippen molar-refractivity contribution >= 4 is 11.6 Å². The van der Waals surface area contributed by atoms with Crippen LogP contribution in [0.15, 0.2) is 28.8 Å². The van der Waals surface area contributed by atoms with Gasteiger partial charge < -0.3 is 20.3 Å². The third kappa shape index (κ3) is 5.04. The minimum atomic E-state index is -0.123. The summed E-state index contributed by atoms with van der Waals surface area (Å²) < 4.78 is 10.1. The Hall–Kier alpha value is -2.45. The van der Waals surface area contributed by atoms with Crippen LogP contribution in [0.1, 0.15) is 18.6 Å². The molecule has 3 N–H and O–H groups in total. The number of anilines is 1. The zero-order valence-electron chi connectivity index (χ0n) is 13.3. The molecule has 0 saturated heterocycles. The number of nitrogens with two attached hydrogens (primary N) is 1. The number of amides is 1. The minimum Gasteiger partial charge on any atom is -0.497 e. The number of carbonyl (C=O) groups excluding carboxylic acids is 1. The maximum absolute atomic E-state index is 12.2. The molecule has 1 aromatic carbocycles. The molecule has 23 heavy (non-hydrogen) atoms. The fourth-order valence-electron chi connectivity index (χ4n) is 2.02. The standard InChI is InChI=1S/C15H21N5O3/c1-3-20(9-13-18-15(8-16)23-19-13)10-14(21)17-11-5-4-6-12(7-11)22-2/h4-7H,3,8-10,16H2,1-2H3,(H,17,21). The highest BCUT2D eigenvalue weighted by atomic mass is 16.5. The van der Waals surface area contributed by atoms with Gasteiger partial charge in [0.1, 0.15) is 5.75 Å². The number of nitrogens with one attached hydrogen (secondary N) is 1. The molecule has 2 rings (SSSR count). The number of benzene rings is 1. The van der Waals surface area contributed by atoms with Crippen molar-refractivity contribution in [2.45, 2.75) is 20.0 Å². The van der Waals surface area contributed by atoms with Crippen molar-refractivity contribution in [1.82, 2.24) is 15.0 Å². The third-order valence-corrected chi connectivity index (χ3v) is 3.22. The molecule has 0 aliphatic carbocycles. The Morgan fingerprint density at radius 2 is 2.30 bits per heavy atom. The third-order valence-electron chi connectivity index (χ3n) is 3.22. The molecule has 8 heteroatoms. The van der Waals surface area contributed by atoms with Gasteiger partial charge in [0.05, 0.1) is 26.7 Å². The van der Waals surface area contributed by atoms with E-state index in [0.717, 1.165) is 0 Å². The zero-order valence-corrected chi connectivity index (χ0v) is 13.3. The average molecular weight is 319 g/mol. The molecule has 1 aromatic heterocycles. The van der Waals surface area contributed by atoms with Crippen LogP contribution in [0.3, 0.4) is 0 Å². The van der Waals surface area contributed by atoms with Gasteiger partial charge in [-0.1, -0.05) is 18.1 Å². The first-order valence-electron chi connectivity index (χ1n) is 7.32. The lowest BCUT2D eigenvalue weighted by atomic mass is 10.3. The molecule has 0 unspecified atom stereocenters. The van der Waals surface area contributed by atoms with Crippen LogP contribution in [0.25, 0.3) is 0 Å². The van der Waals surface area contributed by atoms with Crippen LogP contribution in [0.4, 0.5) is 5.69 Å². The Labute approximate surface area is 134 Å². The number of ether oxygens (including phenoxy) is 1. The van der Waals surface area contributed by atoms with Gasteiger partial charge in [0, 0.05) is 11.8 Å². The Balaban J connectivity index is 1.91. The second-order valence-electron chi connectivity index (χ2n) is 4.89. The Bertz CT molecular complexity index is 644. The second-order valence-corrected chi connectivity index (χ2v) is 4.89. The Kier molecular flexibility index (Phi) is 6.07. The summed E-state index contributed by atoms with van der Waals surface area (Å²) in [4.78, 5) is 18.2. The van der Waals surface area contributed by atoms with E-state index in [-0.39, 0.29) is 19.0 Å². The van der Waals surface area contributed by atoms with Crippen molar-refractivity contribution in [1.29, 1.82) is 0 Å². The number of aromatic nitrogens is 2. The molecular weight excluding hydrogens is 298 g/mol. The maximum Gasteiger partial charge on any atom is 0.240 e. The van der Waals surface area contributed by atoms with E-state index in [9.17, 15) is 4.79 Å². The number of carbonyl (C=O) groups is 1. The zero-order chi connectivity index (χ0) is 16.7. The van der Waals surface area contributed by atoms with E-state index in [2.05, 4.69) is 15.5 Å². The van der Waals surface area contributed by atoms with Crippen LogP contribution in [-0.4, -0.2) is 41.1 Å². The highest BCUT2D eigenvalue weighted by Gasteiger charge is 2.13. The van der Waals surface area contributed by atoms with E-state index < -0.39 is 0 Å². The molecule has 1 amide bonds. The largest absolute Gasteiger partial charge is 0.497 e. The van der Waals surface area contributed by atoms with Crippen molar-refractivity contribution in [3.8, 4) is 5.75 Å². The first-order valence-corrected chi connectivity index (χ1v) is 7.32. The highest BCUT2D eigenvalue weighted by molar-refractivity contribution is 5.92. The molecule has 8 nitrogen and oxygen atoms in total. The molecule has 0 fully saturated rings. The predicted molar refractivity (Wildman–Crippen MR) is 84.8 cm³/mol. The van der Waals surface area contributed by atoms with Gasteiger partial charge in [0.2, 0.25) is 11.8 Å². The van der Waals surface area contributed by atoms with Crippen LogP contribution in [0.2, 0.25) is 0 Å². The molecule has 2 aromatic rings. The highest BCUT2D eigenvalue weighted by Crippen LogP contribution is 2.16. The predicted octanol–water partition coefficient (Wildman–Crippen LogP) is 0.998. The lowest BCUT2D eigenvalue weighted by molar-refractivity contribution is -0.117. The van der Waals surface area contributed by atoms with Gasteiger partial charge in [0.15, 0.2) is 5.82 Å². The van der Waals surface area contributed by atoms with Crippen molar-refractivity contribution in [2.75, 3.05) is 25.5 Å². The molecule has 0 aliphatic rings. The molecule has 0 atom stereocenters. The van der Waals surface area contributed by atoms with Gasteiger partial charge in [-0.25, -0.2) is 0 Å². The first kappa shape index (κ1) is 16.9. The molecule has 1 heterocycles. The maximum atomic E-state index is 12.2. The van der Waals surface area contributed by atoms with Crippen molar-refractivity contribution in [3.63, 3.8) is 0 Å². The Morgan fingerprint density at radius 3 is 2.96 bits per heavy atom. The minimum absolute atomic E-state index is 0.123. The lowest BCUT2D eigenvalue weighted by Gasteiger charge is -2.17. The van der Waals surface area contributed by atoms with Crippen LogP contribution in [0, 0.1) is 0 Å². The van der Waals surface area contributed by atoms with E-state index in [0.29, 0.717) is 36.2 Å². The quantitative estimate of drug-likeness (QED) is 0.747. The van der Waals surface area contributed by atoms with E-state index in [4.69, 9.17) is 15.0 Å². The normalized spacial score (nSPS) is 10.8.